The van der Waals surface area contributed by atoms with Gasteiger partial charge >= 0.3 is 5.97 Å². The molecule has 1 N–H and O–H groups in total. The Labute approximate surface area is 150 Å². The molecule has 1 fully saturated rings. The van der Waals surface area contributed by atoms with Gasteiger partial charge in [-0.05, 0) is 42.6 Å². The zero-order chi connectivity index (χ0) is 17.6. The van der Waals surface area contributed by atoms with Crippen LogP contribution in [-0.4, -0.2) is 44.3 Å². The number of ether oxygens (including phenoxy) is 2. The van der Waals surface area contributed by atoms with Crippen molar-refractivity contribution >= 4 is 34.6 Å². The fraction of sp³-hybridized carbons (Fsp3) is 0.333. The molecule has 25 heavy (non-hydrogen) atoms. The van der Waals surface area contributed by atoms with Gasteiger partial charge in [0.2, 0.25) is 0 Å². The summed E-state index contributed by atoms with van der Waals surface area (Å²) in [5.41, 5.74) is 1.76. The predicted molar refractivity (Wildman–Crippen MR) is 97.3 cm³/mol. The van der Waals surface area contributed by atoms with E-state index in [9.17, 15) is 9.59 Å². The number of carbonyl (C=O) groups is 2. The zero-order valence-electron chi connectivity index (χ0n) is 13.9. The molecule has 6 nitrogen and oxygen atoms in total. The van der Waals surface area contributed by atoms with Crippen molar-refractivity contribution in [2.75, 3.05) is 36.5 Å². The van der Waals surface area contributed by atoms with E-state index in [1.54, 1.807) is 24.4 Å². The van der Waals surface area contributed by atoms with Crippen LogP contribution in [0.1, 0.15) is 16.6 Å². The Morgan fingerprint density at radius 1 is 1.20 bits per heavy atom. The number of thiophene rings is 1. The van der Waals surface area contributed by atoms with Crippen molar-refractivity contribution in [2.24, 2.45) is 0 Å². The molecule has 0 aliphatic carbocycles. The highest BCUT2D eigenvalue weighted by Crippen LogP contribution is 2.19. The molecule has 1 aliphatic rings. The summed E-state index contributed by atoms with van der Waals surface area (Å²) >= 11 is 1.28. The van der Waals surface area contributed by atoms with Gasteiger partial charge in [-0.1, -0.05) is 6.07 Å². The van der Waals surface area contributed by atoms with E-state index in [-0.39, 0.29) is 5.91 Å². The smallest absolute Gasteiger partial charge is 0.349 e. The molecule has 0 spiro atoms. The number of hydrogen-bond donors (Lipinski definition) is 1. The Balaban J connectivity index is 1.54. The molecule has 2 heterocycles. The summed E-state index contributed by atoms with van der Waals surface area (Å²) in [4.78, 5) is 26.8. The summed E-state index contributed by atoms with van der Waals surface area (Å²) < 4.78 is 10.5. The minimum absolute atomic E-state index is 0.357. The number of benzene rings is 1. The van der Waals surface area contributed by atoms with Gasteiger partial charge in [-0.25, -0.2) is 4.79 Å². The van der Waals surface area contributed by atoms with Crippen LogP contribution in [0, 0.1) is 0 Å². The second kappa shape index (κ2) is 8.13. The van der Waals surface area contributed by atoms with Crippen LogP contribution >= 0.6 is 11.3 Å². The number of anilines is 2. The second-order valence-electron chi connectivity index (χ2n) is 5.66. The van der Waals surface area contributed by atoms with Crippen molar-refractivity contribution < 1.29 is 19.1 Å². The molecule has 0 radical (unpaired) electrons. The van der Waals surface area contributed by atoms with Crippen molar-refractivity contribution in [3.05, 3.63) is 46.7 Å². The molecule has 3 rings (SSSR count). The number of nitrogens with zero attached hydrogens (tertiary/aromatic N) is 1. The lowest BCUT2D eigenvalue weighted by Gasteiger charge is -2.28. The topological polar surface area (TPSA) is 67.9 Å². The van der Waals surface area contributed by atoms with E-state index in [1.165, 1.54) is 11.3 Å². The van der Waals surface area contributed by atoms with Gasteiger partial charge < -0.3 is 19.7 Å². The molecule has 1 unspecified atom stereocenters. The minimum atomic E-state index is -0.867. The molecule has 1 saturated heterocycles. The highest BCUT2D eigenvalue weighted by molar-refractivity contribution is 7.11. The van der Waals surface area contributed by atoms with Crippen LogP contribution in [0.5, 0.6) is 0 Å². The first-order valence-corrected chi connectivity index (χ1v) is 8.99. The third kappa shape index (κ3) is 4.58. The van der Waals surface area contributed by atoms with E-state index in [0.29, 0.717) is 10.6 Å². The van der Waals surface area contributed by atoms with E-state index in [0.717, 1.165) is 32.0 Å². The monoisotopic (exact) mass is 360 g/mol. The van der Waals surface area contributed by atoms with Crippen molar-refractivity contribution in [2.45, 2.75) is 13.0 Å². The van der Waals surface area contributed by atoms with Crippen molar-refractivity contribution in [1.29, 1.82) is 0 Å². The standard InChI is InChI=1S/C18H20N2O4S/c1-13(24-18(22)16-3-2-12-25-16)17(21)19-14-4-6-15(7-5-14)20-8-10-23-11-9-20/h2-7,12-13H,8-11H2,1H3,(H,19,21). The van der Waals surface area contributed by atoms with Gasteiger partial charge in [-0.15, -0.1) is 11.3 Å². The lowest BCUT2D eigenvalue weighted by molar-refractivity contribution is -0.123. The first-order valence-electron chi connectivity index (χ1n) is 8.11. The maximum Gasteiger partial charge on any atom is 0.349 e. The molecule has 1 amide bonds. The third-order valence-electron chi connectivity index (χ3n) is 3.89. The highest BCUT2D eigenvalue weighted by Gasteiger charge is 2.19. The Hall–Kier alpha value is -2.38. The Kier molecular flexibility index (Phi) is 5.67. The lowest BCUT2D eigenvalue weighted by Crippen LogP contribution is -2.36. The Bertz CT molecular complexity index is 709. The van der Waals surface area contributed by atoms with Gasteiger partial charge in [-0.3, -0.25) is 4.79 Å². The van der Waals surface area contributed by atoms with Crippen LogP contribution in [0.4, 0.5) is 11.4 Å². The molecule has 1 aliphatic heterocycles. The van der Waals surface area contributed by atoms with E-state index < -0.39 is 12.1 Å². The molecule has 132 valence electrons. The number of rotatable bonds is 5. The van der Waals surface area contributed by atoms with Gasteiger partial charge in [0.1, 0.15) is 4.88 Å². The second-order valence-corrected chi connectivity index (χ2v) is 6.61. The molecule has 7 heteroatoms. The number of hydrogen-bond acceptors (Lipinski definition) is 6. The fourth-order valence-corrected chi connectivity index (χ4v) is 3.09. The van der Waals surface area contributed by atoms with Crippen LogP contribution in [0.15, 0.2) is 41.8 Å². The molecule has 0 saturated carbocycles. The number of morpholine rings is 1. The molecule has 1 aromatic heterocycles. The van der Waals surface area contributed by atoms with Gasteiger partial charge in [0.05, 0.1) is 13.2 Å². The Morgan fingerprint density at radius 3 is 2.56 bits per heavy atom. The summed E-state index contributed by atoms with van der Waals surface area (Å²) in [6, 6.07) is 11.0. The average molecular weight is 360 g/mol. The summed E-state index contributed by atoms with van der Waals surface area (Å²) in [5, 5.41) is 4.56. The fourth-order valence-electron chi connectivity index (χ4n) is 2.49. The van der Waals surface area contributed by atoms with Gasteiger partial charge in [0.25, 0.3) is 5.91 Å². The SMILES string of the molecule is CC(OC(=O)c1cccs1)C(=O)Nc1ccc(N2CCOCC2)cc1. The number of carbonyl (C=O) groups excluding carboxylic acids is 2. The van der Waals surface area contributed by atoms with Gasteiger partial charge in [0, 0.05) is 24.5 Å². The van der Waals surface area contributed by atoms with E-state index in [1.807, 2.05) is 24.3 Å². The van der Waals surface area contributed by atoms with Crippen molar-refractivity contribution in [1.82, 2.24) is 0 Å². The summed E-state index contributed by atoms with van der Waals surface area (Å²) in [6.45, 7) is 4.74. The third-order valence-corrected chi connectivity index (χ3v) is 4.74. The molecule has 2 aromatic rings. The first-order chi connectivity index (χ1) is 12.1. The molecular formula is C18H20N2O4S. The lowest BCUT2D eigenvalue weighted by atomic mass is 10.2. The molecule has 0 bridgehead atoms. The maximum absolute atomic E-state index is 12.2. The van der Waals surface area contributed by atoms with Crippen molar-refractivity contribution in [3.63, 3.8) is 0 Å². The average Bonchev–Trinajstić information content (AvgIpc) is 3.18. The minimum Gasteiger partial charge on any atom is -0.448 e. The van der Waals surface area contributed by atoms with E-state index >= 15 is 0 Å². The number of nitrogens with one attached hydrogen (secondary N) is 1. The normalized spacial score (nSPS) is 15.5. The van der Waals surface area contributed by atoms with Crippen LogP contribution in [0.3, 0.4) is 0 Å². The molecule has 1 aromatic carbocycles. The predicted octanol–water partition coefficient (Wildman–Crippen LogP) is 2.77. The van der Waals surface area contributed by atoms with Gasteiger partial charge in [0.15, 0.2) is 6.10 Å². The summed E-state index contributed by atoms with van der Waals surface area (Å²) in [7, 11) is 0. The molecular weight excluding hydrogens is 340 g/mol. The zero-order valence-corrected chi connectivity index (χ0v) is 14.8. The van der Waals surface area contributed by atoms with Crippen LogP contribution in [0.2, 0.25) is 0 Å². The van der Waals surface area contributed by atoms with Crippen LogP contribution < -0.4 is 10.2 Å². The van der Waals surface area contributed by atoms with Crippen LogP contribution in [-0.2, 0) is 14.3 Å². The number of amides is 1. The number of esters is 1. The Morgan fingerprint density at radius 2 is 1.92 bits per heavy atom. The van der Waals surface area contributed by atoms with Crippen LogP contribution in [0.25, 0.3) is 0 Å². The van der Waals surface area contributed by atoms with Gasteiger partial charge in [-0.2, -0.15) is 0 Å². The largest absolute Gasteiger partial charge is 0.448 e. The molecule has 1 atom stereocenters. The quantitative estimate of drug-likeness (QED) is 0.831. The van der Waals surface area contributed by atoms with E-state index in [2.05, 4.69) is 10.2 Å². The maximum atomic E-state index is 12.2. The highest BCUT2D eigenvalue weighted by atomic mass is 32.1. The summed E-state index contributed by atoms with van der Waals surface area (Å²) in [5.74, 6) is -0.843. The first kappa shape index (κ1) is 17.4. The van der Waals surface area contributed by atoms with Crippen molar-refractivity contribution in [3.8, 4) is 0 Å². The summed E-state index contributed by atoms with van der Waals surface area (Å²) in [6.07, 6.45) is -0.867. The van der Waals surface area contributed by atoms with E-state index in [4.69, 9.17) is 9.47 Å².